The van der Waals surface area contributed by atoms with Crippen LogP contribution in [0.25, 0.3) is 10.9 Å². The summed E-state index contributed by atoms with van der Waals surface area (Å²) in [5, 5.41) is 13.7. The van der Waals surface area contributed by atoms with Crippen LogP contribution in [-0.4, -0.2) is 23.7 Å². The van der Waals surface area contributed by atoms with E-state index in [4.69, 9.17) is 4.74 Å². The van der Waals surface area contributed by atoms with Gasteiger partial charge in [-0.3, -0.25) is 4.98 Å². The van der Waals surface area contributed by atoms with Crippen LogP contribution in [-0.2, 0) is 0 Å². The third-order valence-electron chi connectivity index (χ3n) is 4.29. The lowest BCUT2D eigenvalue weighted by molar-refractivity contribution is 0.117. The maximum absolute atomic E-state index is 9.42. The highest BCUT2D eigenvalue weighted by Gasteiger charge is 2.36. The van der Waals surface area contributed by atoms with Gasteiger partial charge in [-0.05, 0) is 38.4 Å². The van der Waals surface area contributed by atoms with E-state index >= 15 is 0 Å². The third kappa shape index (κ3) is 2.70. The lowest BCUT2D eigenvalue weighted by Crippen LogP contribution is -2.48. The maximum Gasteiger partial charge on any atom is 0.145 e. The predicted octanol–water partition coefficient (Wildman–Crippen LogP) is 3.04. The van der Waals surface area contributed by atoms with Gasteiger partial charge >= 0.3 is 0 Å². The zero-order chi connectivity index (χ0) is 14.7. The summed E-state index contributed by atoms with van der Waals surface area (Å²) in [7, 11) is 1.85. The van der Waals surface area contributed by atoms with Crippen molar-refractivity contribution in [1.29, 1.82) is 5.26 Å². The summed E-state index contributed by atoms with van der Waals surface area (Å²) < 4.78 is 6.17. The van der Waals surface area contributed by atoms with Crippen molar-refractivity contribution in [2.24, 2.45) is 0 Å². The Bertz CT molecular complexity index is 674. The number of hydrogen-bond acceptors (Lipinski definition) is 4. The molecule has 1 aromatic carbocycles. The Morgan fingerprint density at radius 2 is 2.24 bits per heavy atom. The van der Waals surface area contributed by atoms with Crippen LogP contribution in [0.3, 0.4) is 0 Å². The molecule has 1 fully saturated rings. The fraction of sp³-hybridized carbons (Fsp3) is 0.412. The van der Waals surface area contributed by atoms with E-state index in [1.54, 1.807) is 6.20 Å². The number of rotatable bonds is 3. The van der Waals surface area contributed by atoms with Crippen molar-refractivity contribution in [1.82, 2.24) is 10.3 Å². The Kier molecular flexibility index (Phi) is 3.76. The van der Waals surface area contributed by atoms with E-state index in [0.29, 0.717) is 6.42 Å². The molecule has 2 atom stereocenters. The second kappa shape index (κ2) is 5.71. The molecule has 1 aliphatic rings. The van der Waals surface area contributed by atoms with Gasteiger partial charge in [-0.1, -0.05) is 18.2 Å². The number of hydrogen-bond donors (Lipinski definition) is 1. The smallest absolute Gasteiger partial charge is 0.145 e. The maximum atomic E-state index is 9.42. The van der Waals surface area contributed by atoms with E-state index in [-0.39, 0.29) is 6.10 Å². The van der Waals surface area contributed by atoms with Crippen LogP contribution in [0.15, 0.2) is 36.5 Å². The molecule has 2 unspecified atom stereocenters. The summed E-state index contributed by atoms with van der Waals surface area (Å²) in [6.45, 7) is 0. The van der Waals surface area contributed by atoms with Gasteiger partial charge in [0, 0.05) is 18.0 Å². The van der Waals surface area contributed by atoms with Crippen molar-refractivity contribution in [2.75, 3.05) is 7.05 Å². The predicted molar refractivity (Wildman–Crippen MR) is 82.0 cm³/mol. The van der Waals surface area contributed by atoms with Crippen molar-refractivity contribution < 1.29 is 4.74 Å². The molecule has 0 amide bonds. The van der Waals surface area contributed by atoms with E-state index < -0.39 is 5.54 Å². The molecule has 1 saturated carbocycles. The number of para-hydroxylation sites is 1. The molecule has 0 spiro atoms. The van der Waals surface area contributed by atoms with E-state index in [0.717, 1.165) is 35.9 Å². The first kappa shape index (κ1) is 13.8. The highest BCUT2D eigenvalue weighted by atomic mass is 16.5. The van der Waals surface area contributed by atoms with Crippen molar-refractivity contribution in [3.8, 4) is 11.8 Å². The normalized spacial score (nSPS) is 25.4. The van der Waals surface area contributed by atoms with Crippen LogP contribution in [0.5, 0.6) is 5.75 Å². The van der Waals surface area contributed by atoms with Gasteiger partial charge in [0.05, 0.1) is 6.07 Å². The molecule has 0 radical (unpaired) electrons. The molecule has 1 aromatic heterocycles. The number of nitrogens with zero attached hydrogens (tertiary/aromatic N) is 2. The number of fused-ring (bicyclic) bond motifs is 1. The van der Waals surface area contributed by atoms with Crippen LogP contribution >= 0.6 is 0 Å². The largest absolute Gasteiger partial charge is 0.488 e. The number of ether oxygens (including phenoxy) is 1. The van der Waals surface area contributed by atoms with E-state index in [2.05, 4.69) is 16.4 Å². The molecular formula is C17H19N3O. The number of benzene rings is 1. The molecule has 1 N–H and O–H groups in total. The SMILES string of the molecule is CNC1(C#N)CCCC(Oc2cccc3cccnc23)C1. The molecular weight excluding hydrogens is 262 g/mol. The Morgan fingerprint density at radius 1 is 1.38 bits per heavy atom. The van der Waals surface area contributed by atoms with Crippen LogP contribution < -0.4 is 10.1 Å². The molecule has 1 heterocycles. The molecule has 4 nitrogen and oxygen atoms in total. The van der Waals surface area contributed by atoms with Gasteiger partial charge in [0.2, 0.25) is 0 Å². The molecule has 2 aromatic rings. The van der Waals surface area contributed by atoms with Crippen molar-refractivity contribution in [3.63, 3.8) is 0 Å². The summed E-state index contributed by atoms with van der Waals surface area (Å²) in [4.78, 5) is 4.42. The van der Waals surface area contributed by atoms with Gasteiger partial charge in [-0.25, -0.2) is 0 Å². The Balaban J connectivity index is 1.84. The van der Waals surface area contributed by atoms with Gasteiger partial charge in [-0.15, -0.1) is 0 Å². The van der Waals surface area contributed by atoms with Crippen LogP contribution in [0.4, 0.5) is 0 Å². The van der Waals surface area contributed by atoms with E-state index in [1.807, 2.05) is 37.4 Å². The second-order valence-corrected chi connectivity index (χ2v) is 5.61. The molecule has 108 valence electrons. The fourth-order valence-corrected chi connectivity index (χ4v) is 3.06. The summed E-state index contributed by atoms with van der Waals surface area (Å²) in [5.74, 6) is 0.808. The Morgan fingerprint density at radius 3 is 3.05 bits per heavy atom. The molecule has 0 bridgehead atoms. The summed E-state index contributed by atoms with van der Waals surface area (Å²) in [6, 6.07) is 12.3. The minimum absolute atomic E-state index is 0.0541. The monoisotopic (exact) mass is 281 g/mol. The molecule has 3 rings (SSSR count). The van der Waals surface area contributed by atoms with Crippen molar-refractivity contribution >= 4 is 10.9 Å². The molecule has 21 heavy (non-hydrogen) atoms. The number of nitrogens with one attached hydrogen (secondary N) is 1. The molecule has 0 aliphatic heterocycles. The summed E-state index contributed by atoms with van der Waals surface area (Å²) in [5.41, 5.74) is 0.429. The van der Waals surface area contributed by atoms with E-state index in [9.17, 15) is 5.26 Å². The van der Waals surface area contributed by atoms with Crippen LogP contribution in [0.2, 0.25) is 0 Å². The average molecular weight is 281 g/mol. The Hall–Kier alpha value is -2.12. The first-order chi connectivity index (χ1) is 10.3. The lowest BCUT2D eigenvalue weighted by atomic mass is 9.81. The number of pyridine rings is 1. The van der Waals surface area contributed by atoms with E-state index in [1.165, 1.54) is 0 Å². The molecule has 1 aliphatic carbocycles. The minimum Gasteiger partial charge on any atom is -0.488 e. The highest BCUT2D eigenvalue weighted by Crippen LogP contribution is 2.32. The second-order valence-electron chi connectivity index (χ2n) is 5.61. The van der Waals surface area contributed by atoms with Gasteiger partial charge in [0.15, 0.2) is 0 Å². The number of nitriles is 1. The van der Waals surface area contributed by atoms with Gasteiger partial charge in [0.25, 0.3) is 0 Å². The summed E-state index contributed by atoms with van der Waals surface area (Å²) in [6.07, 6.45) is 5.41. The minimum atomic E-state index is -0.457. The topological polar surface area (TPSA) is 57.9 Å². The van der Waals surface area contributed by atoms with Gasteiger partial charge in [-0.2, -0.15) is 5.26 Å². The zero-order valence-corrected chi connectivity index (χ0v) is 12.2. The summed E-state index contributed by atoms with van der Waals surface area (Å²) >= 11 is 0. The standard InChI is InChI=1S/C17H19N3O/c1-19-17(12-18)9-3-7-14(11-17)21-15-8-2-5-13-6-4-10-20-16(13)15/h2,4-6,8,10,14,19H,3,7,9,11H2,1H3. The van der Waals surface area contributed by atoms with Crippen molar-refractivity contribution in [2.45, 2.75) is 37.3 Å². The van der Waals surface area contributed by atoms with Crippen molar-refractivity contribution in [3.05, 3.63) is 36.5 Å². The van der Waals surface area contributed by atoms with Gasteiger partial charge in [0.1, 0.15) is 22.9 Å². The first-order valence-corrected chi connectivity index (χ1v) is 7.37. The quantitative estimate of drug-likeness (QED) is 0.939. The Labute approximate surface area is 124 Å². The highest BCUT2D eigenvalue weighted by molar-refractivity contribution is 5.84. The third-order valence-corrected chi connectivity index (χ3v) is 4.29. The van der Waals surface area contributed by atoms with Gasteiger partial charge < -0.3 is 10.1 Å². The first-order valence-electron chi connectivity index (χ1n) is 7.37. The average Bonchev–Trinajstić information content (AvgIpc) is 2.55. The zero-order valence-electron chi connectivity index (χ0n) is 12.2. The molecule has 4 heteroatoms. The van der Waals surface area contributed by atoms with Crippen LogP contribution in [0, 0.1) is 11.3 Å². The fourth-order valence-electron chi connectivity index (χ4n) is 3.06. The molecule has 0 saturated heterocycles. The lowest BCUT2D eigenvalue weighted by Gasteiger charge is -2.35. The number of aromatic nitrogens is 1. The van der Waals surface area contributed by atoms with Crippen LogP contribution in [0.1, 0.15) is 25.7 Å².